The summed E-state index contributed by atoms with van der Waals surface area (Å²) in [4.78, 5) is 36.8. The van der Waals surface area contributed by atoms with Crippen LogP contribution in [0, 0.1) is 17.3 Å². The molecule has 1 aromatic heterocycles. The average molecular weight is 495 g/mol. The summed E-state index contributed by atoms with van der Waals surface area (Å²) >= 11 is 0. The minimum Gasteiger partial charge on any atom is -0.299 e. The zero-order valence-corrected chi connectivity index (χ0v) is 20.4. The second kappa shape index (κ2) is 9.09. The topological polar surface area (TPSA) is 59.4 Å². The number of hydrogen-bond donors (Lipinski definition) is 0. The second-order valence-corrected chi connectivity index (χ2v) is 11.0. The molecule has 0 amide bonds. The predicted octanol–water partition coefficient (Wildman–Crippen LogP) is 6.97. The number of halogens is 3. The van der Waals surface area contributed by atoms with Crippen molar-refractivity contribution in [1.82, 2.24) is 4.98 Å². The van der Waals surface area contributed by atoms with Crippen LogP contribution < -0.4 is 0 Å². The van der Waals surface area contributed by atoms with Crippen LogP contribution in [0.2, 0.25) is 0 Å². The van der Waals surface area contributed by atoms with Gasteiger partial charge in [-0.1, -0.05) is 38.8 Å². The quantitative estimate of drug-likeness (QED) is 0.431. The molecule has 0 radical (unpaired) electrons. The fourth-order valence-corrected chi connectivity index (χ4v) is 6.12. The van der Waals surface area contributed by atoms with Crippen molar-refractivity contribution >= 4 is 17.3 Å². The van der Waals surface area contributed by atoms with Gasteiger partial charge in [0.2, 0.25) is 0 Å². The zero-order chi connectivity index (χ0) is 25.7. The van der Waals surface area contributed by atoms with Crippen molar-refractivity contribution in [3.05, 3.63) is 76.8 Å². The maximum Gasteiger partial charge on any atom is 0.416 e. The van der Waals surface area contributed by atoms with Crippen molar-refractivity contribution in [2.45, 2.75) is 64.5 Å². The molecule has 2 fully saturated rings. The highest BCUT2D eigenvalue weighted by atomic mass is 19.4. The van der Waals surface area contributed by atoms with Crippen LogP contribution in [0.4, 0.5) is 13.2 Å². The average Bonchev–Trinajstić information content (AvgIpc) is 3.37. The molecule has 36 heavy (non-hydrogen) atoms. The van der Waals surface area contributed by atoms with Crippen LogP contribution in [0.5, 0.6) is 0 Å². The number of carbonyl (C=O) groups excluding carboxylic acids is 2. The van der Waals surface area contributed by atoms with Crippen LogP contribution in [0.25, 0.3) is 0 Å². The Morgan fingerprint density at radius 1 is 0.944 bits per heavy atom. The van der Waals surface area contributed by atoms with E-state index in [1.807, 2.05) is 12.1 Å². The van der Waals surface area contributed by atoms with E-state index in [1.54, 1.807) is 12.4 Å². The molecule has 4 nitrogen and oxygen atoms in total. The molecule has 2 aliphatic carbocycles. The number of hydrogen-bond acceptors (Lipinski definition) is 4. The van der Waals surface area contributed by atoms with Crippen LogP contribution in [0.15, 0.2) is 65.1 Å². The molecule has 0 N–H and O–H groups in total. The summed E-state index contributed by atoms with van der Waals surface area (Å²) in [6.45, 7) is 4.12. The second-order valence-electron chi connectivity index (χ2n) is 11.0. The summed E-state index contributed by atoms with van der Waals surface area (Å²) in [7, 11) is 0. The Balaban J connectivity index is 1.70. The Morgan fingerprint density at radius 2 is 1.58 bits per heavy atom. The summed E-state index contributed by atoms with van der Waals surface area (Å²) in [6, 6.07) is 8.00. The Labute approximate surface area is 208 Å². The van der Waals surface area contributed by atoms with E-state index in [9.17, 15) is 22.8 Å². The zero-order valence-electron chi connectivity index (χ0n) is 20.4. The smallest absolute Gasteiger partial charge is 0.299 e. The molecule has 188 valence electrons. The predicted molar refractivity (Wildman–Crippen MR) is 131 cm³/mol. The van der Waals surface area contributed by atoms with Crippen molar-refractivity contribution < 1.29 is 22.8 Å². The summed E-state index contributed by atoms with van der Waals surface area (Å²) in [5, 5.41) is 0. The Hall–Kier alpha value is -3.09. The van der Waals surface area contributed by atoms with Crippen molar-refractivity contribution in [2.24, 2.45) is 22.2 Å². The highest BCUT2D eigenvalue weighted by Gasteiger charge is 2.48. The molecule has 2 saturated carbocycles. The Bertz CT molecular complexity index is 1240. The largest absolute Gasteiger partial charge is 0.416 e. The number of Topliss-reactive ketones (excluding diaryl/α,β-unsaturated/α-hetero) is 2. The van der Waals surface area contributed by atoms with E-state index in [0.717, 1.165) is 54.8 Å². The number of fused-ring (bicyclic) bond motifs is 1. The van der Waals surface area contributed by atoms with Gasteiger partial charge in [0.15, 0.2) is 5.78 Å². The van der Waals surface area contributed by atoms with E-state index in [4.69, 9.17) is 4.99 Å². The van der Waals surface area contributed by atoms with E-state index in [-0.39, 0.29) is 28.5 Å². The highest BCUT2D eigenvalue weighted by molar-refractivity contribution is 6.16. The molecule has 1 aliphatic heterocycles. The Morgan fingerprint density at radius 3 is 2.19 bits per heavy atom. The van der Waals surface area contributed by atoms with Crippen molar-refractivity contribution in [1.29, 1.82) is 0 Å². The van der Waals surface area contributed by atoms with E-state index in [0.29, 0.717) is 18.4 Å². The van der Waals surface area contributed by atoms with E-state index in [2.05, 4.69) is 18.8 Å². The number of allylic oxidation sites excluding steroid dienone is 2. The van der Waals surface area contributed by atoms with Gasteiger partial charge in [-0.15, -0.1) is 0 Å². The van der Waals surface area contributed by atoms with Gasteiger partial charge in [-0.05, 0) is 54.5 Å². The standard InChI is InChI=1S/C29H29F3N2O2/c1-28(2)15-21-24(22(35)16-28)23(17-11-13-33-14-12-17)25(26(34-21)18-5-3-4-6-18)27(36)19-7-9-20(10-8-19)29(30,31)32/h7-14,18,23-24H,3-6,15-16H2,1-2H3. The molecule has 2 unspecified atom stereocenters. The molecule has 5 rings (SSSR count). The van der Waals surface area contributed by atoms with Crippen LogP contribution in [0.3, 0.4) is 0 Å². The first-order valence-electron chi connectivity index (χ1n) is 12.5. The minimum atomic E-state index is -4.49. The van der Waals surface area contributed by atoms with Crippen LogP contribution in [0.1, 0.15) is 79.8 Å². The number of aliphatic imine (C=N–C) groups is 1. The third-order valence-electron chi connectivity index (χ3n) is 7.73. The first-order valence-corrected chi connectivity index (χ1v) is 12.5. The van der Waals surface area contributed by atoms with Gasteiger partial charge in [0.25, 0.3) is 0 Å². The fourth-order valence-electron chi connectivity index (χ4n) is 6.12. The first kappa shape index (κ1) is 24.6. The number of benzene rings is 1. The molecular formula is C29H29F3N2O2. The SMILES string of the molecule is CC1(C)CC(=O)C2C(=NC(C3CCCC3)=C(C(=O)c3ccc(C(F)(F)F)cc3)C2c2ccncc2)C1. The minimum absolute atomic E-state index is 0.0509. The highest BCUT2D eigenvalue weighted by Crippen LogP contribution is 2.50. The maximum atomic E-state index is 14.1. The molecule has 2 heterocycles. The van der Waals surface area contributed by atoms with Gasteiger partial charge >= 0.3 is 6.18 Å². The van der Waals surface area contributed by atoms with Crippen molar-refractivity contribution in [2.75, 3.05) is 0 Å². The summed E-state index contributed by atoms with van der Waals surface area (Å²) in [5.41, 5.74) is 1.96. The lowest BCUT2D eigenvalue weighted by atomic mass is 9.62. The number of alkyl halides is 3. The van der Waals surface area contributed by atoms with Gasteiger partial charge in [0, 0.05) is 47.5 Å². The summed E-state index contributed by atoms with van der Waals surface area (Å²) < 4.78 is 39.5. The molecule has 0 saturated heterocycles. The lowest BCUT2D eigenvalue weighted by Crippen LogP contribution is -2.44. The van der Waals surface area contributed by atoms with Gasteiger partial charge < -0.3 is 0 Å². The molecule has 3 aliphatic rings. The van der Waals surface area contributed by atoms with Crippen LogP contribution in [-0.4, -0.2) is 22.3 Å². The molecule has 2 aromatic rings. The summed E-state index contributed by atoms with van der Waals surface area (Å²) in [6.07, 6.45) is 3.74. The summed E-state index contributed by atoms with van der Waals surface area (Å²) in [5.74, 6) is -1.30. The third-order valence-corrected chi connectivity index (χ3v) is 7.73. The number of nitrogens with zero attached hydrogens (tertiary/aromatic N) is 2. The molecule has 7 heteroatoms. The van der Waals surface area contributed by atoms with Crippen molar-refractivity contribution in [3.8, 4) is 0 Å². The normalized spacial score (nSPS) is 24.5. The van der Waals surface area contributed by atoms with Crippen LogP contribution in [-0.2, 0) is 11.0 Å². The number of aromatic nitrogens is 1. The lowest BCUT2D eigenvalue weighted by Gasteiger charge is -2.42. The lowest BCUT2D eigenvalue weighted by molar-refractivity contribution is -0.137. The monoisotopic (exact) mass is 494 g/mol. The maximum absolute atomic E-state index is 14.1. The van der Waals surface area contributed by atoms with Crippen LogP contribution >= 0.6 is 0 Å². The van der Waals surface area contributed by atoms with Gasteiger partial charge in [0.05, 0.1) is 17.2 Å². The van der Waals surface area contributed by atoms with Gasteiger partial charge in [-0.3, -0.25) is 19.6 Å². The number of carbonyl (C=O) groups is 2. The third kappa shape index (κ3) is 4.56. The molecule has 1 aromatic carbocycles. The fraction of sp³-hybridized carbons (Fsp3) is 0.448. The van der Waals surface area contributed by atoms with E-state index < -0.39 is 23.6 Å². The molecular weight excluding hydrogens is 465 g/mol. The van der Waals surface area contributed by atoms with E-state index in [1.165, 1.54) is 12.1 Å². The first-order chi connectivity index (χ1) is 17.0. The number of pyridine rings is 1. The van der Waals surface area contributed by atoms with Gasteiger partial charge in [0.1, 0.15) is 5.78 Å². The molecule has 0 spiro atoms. The number of ketones is 2. The van der Waals surface area contributed by atoms with Gasteiger partial charge in [-0.25, -0.2) is 0 Å². The Kier molecular flexibility index (Phi) is 6.21. The van der Waals surface area contributed by atoms with Crippen molar-refractivity contribution in [3.63, 3.8) is 0 Å². The molecule has 2 atom stereocenters. The van der Waals surface area contributed by atoms with Gasteiger partial charge in [-0.2, -0.15) is 13.2 Å². The van der Waals surface area contributed by atoms with E-state index >= 15 is 0 Å². The molecule has 0 bridgehead atoms. The number of rotatable bonds is 4.